The Morgan fingerprint density at radius 2 is 1.82 bits per heavy atom. The zero-order chi connectivity index (χ0) is 15.9. The van der Waals surface area contributed by atoms with Gasteiger partial charge in [-0.05, 0) is 31.2 Å². The minimum atomic E-state index is -0.465. The minimum Gasteiger partial charge on any atom is -0.493 e. The molecule has 1 aromatic heterocycles. The topological polar surface area (TPSA) is 76.7 Å². The maximum Gasteiger partial charge on any atom is 0.279 e. The predicted molar refractivity (Wildman–Crippen MR) is 83.2 cm³/mol. The van der Waals surface area contributed by atoms with Gasteiger partial charge in [-0.2, -0.15) is 0 Å². The smallest absolute Gasteiger partial charge is 0.279 e. The average Bonchev–Trinajstić information content (AvgIpc) is 2.97. The lowest BCUT2D eigenvalue weighted by Gasteiger charge is -2.10. The van der Waals surface area contributed by atoms with Crippen molar-refractivity contribution < 1.29 is 19.1 Å². The van der Waals surface area contributed by atoms with Crippen LogP contribution in [0.3, 0.4) is 0 Å². The second-order valence-electron chi connectivity index (χ2n) is 4.35. The summed E-state index contributed by atoms with van der Waals surface area (Å²) in [5.74, 6) is 0.171. The summed E-state index contributed by atoms with van der Waals surface area (Å²) >= 11 is 1.35. The van der Waals surface area contributed by atoms with Gasteiger partial charge in [0.25, 0.3) is 11.8 Å². The molecule has 7 heteroatoms. The number of thiophene rings is 1. The first kappa shape index (κ1) is 15.8. The fourth-order valence-corrected chi connectivity index (χ4v) is 2.42. The number of hydrazine groups is 1. The highest BCUT2D eigenvalue weighted by Crippen LogP contribution is 2.25. The predicted octanol–water partition coefficient (Wildman–Crippen LogP) is 1.91. The molecule has 0 unspecified atom stereocenters. The van der Waals surface area contributed by atoms with Crippen LogP contribution in [0.5, 0.6) is 11.5 Å². The van der Waals surface area contributed by atoms with Crippen LogP contribution in [0.25, 0.3) is 0 Å². The van der Waals surface area contributed by atoms with Crippen molar-refractivity contribution in [3.63, 3.8) is 0 Å². The number of hydrogen-bond acceptors (Lipinski definition) is 5. The van der Waals surface area contributed by atoms with Crippen LogP contribution in [0.15, 0.2) is 36.4 Å². The average molecular weight is 320 g/mol. The van der Waals surface area contributed by atoms with E-state index in [4.69, 9.17) is 9.47 Å². The summed E-state index contributed by atoms with van der Waals surface area (Å²) in [5, 5.41) is 0. The molecule has 0 bridgehead atoms. The Labute approximate surface area is 132 Å². The van der Waals surface area contributed by atoms with Gasteiger partial charge in [0, 0.05) is 4.88 Å². The highest BCUT2D eigenvalue weighted by molar-refractivity contribution is 7.13. The number of methoxy groups -OCH3 is 1. The highest BCUT2D eigenvalue weighted by Gasteiger charge is 2.10. The zero-order valence-corrected chi connectivity index (χ0v) is 13.0. The van der Waals surface area contributed by atoms with Crippen LogP contribution >= 0.6 is 11.3 Å². The fourth-order valence-electron chi connectivity index (χ4n) is 1.66. The van der Waals surface area contributed by atoms with Gasteiger partial charge >= 0.3 is 0 Å². The number of nitrogens with one attached hydrogen (secondary N) is 2. The van der Waals surface area contributed by atoms with Gasteiger partial charge in [-0.25, -0.2) is 0 Å². The third kappa shape index (κ3) is 4.23. The quantitative estimate of drug-likeness (QED) is 0.825. The molecule has 1 aromatic carbocycles. The lowest BCUT2D eigenvalue weighted by molar-refractivity contribution is -0.123. The van der Waals surface area contributed by atoms with Gasteiger partial charge in [-0.1, -0.05) is 12.1 Å². The van der Waals surface area contributed by atoms with E-state index < -0.39 is 5.91 Å². The summed E-state index contributed by atoms with van der Waals surface area (Å²) in [5.41, 5.74) is 4.64. The number of carbonyl (C=O) groups excluding carboxylic acids is 2. The van der Waals surface area contributed by atoms with Gasteiger partial charge in [-0.15, -0.1) is 11.3 Å². The van der Waals surface area contributed by atoms with Crippen molar-refractivity contribution in [3.8, 4) is 11.5 Å². The SMILES string of the molecule is COc1ccccc1OCC(=O)NNC(=O)c1ccc(C)s1. The minimum absolute atomic E-state index is 0.232. The van der Waals surface area contributed by atoms with E-state index in [9.17, 15) is 9.59 Å². The van der Waals surface area contributed by atoms with Crippen LogP contribution in [-0.2, 0) is 4.79 Å². The molecule has 0 saturated heterocycles. The number of benzene rings is 1. The molecular weight excluding hydrogens is 304 g/mol. The molecule has 0 fully saturated rings. The first-order valence-electron chi connectivity index (χ1n) is 6.51. The van der Waals surface area contributed by atoms with E-state index in [1.807, 2.05) is 13.0 Å². The molecule has 2 N–H and O–H groups in total. The lowest BCUT2D eigenvalue weighted by atomic mass is 10.3. The van der Waals surface area contributed by atoms with E-state index in [-0.39, 0.29) is 12.5 Å². The van der Waals surface area contributed by atoms with Crippen molar-refractivity contribution in [2.45, 2.75) is 6.92 Å². The van der Waals surface area contributed by atoms with Crippen LogP contribution in [0.1, 0.15) is 14.5 Å². The summed E-state index contributed by atoms with van der Waals surface area (Å²) in [6.07, 6.45) is 0. The van der Waals surface area contributed by atoms with Crippen molar-refractivity contribution in [1.29, 1.82) is 0 Å². The third-order valence-corrected chi connectivity index (χ3v) is 3.71. The monoisotopic (exact) mass is 320 g/mol. The van der Waals surface area contributed by atoms with Crippen molar-refractivity contribution in [1.82, 2.24) is 10.9 Å². The molecule has 0 aliphatic heterocycles. The molecule has 22 heavy (non-hydrogen) atoms. The second-order valence-corrected chi connectivity index (χ2v) is 5.64. The molecule has 0 atom stereocenters. The van der Waals surface area contributed by atoms with Gasteiger partial charge in [0.1, 0.15) is 0 Å². The molecule has 2 amide bonds. The van der Waals surface area contributed by atoms with Crippen LogP contribution in [0.4, 0.5) is 0 Å². The van der Waals surface area contributed by atoms with E-state index in [1.54, 1.807) is 30.3 Å². The van der Waals surface area contributed by atoms with Gasteiger partial charge in [-0.3, -0.25) is 20.4 Å². The molecule has 0 aliphatic rings. The van der Waals surface area contributed by atoms with E-state index in [0.717, 1.165) is 4.88 Å². The van der Waals surface area contributed by atoms with Crippen molar-refractivity contribution in [3.05, 3.63) is 46.2 Å². The van der Waals surface area contributed by atoms with Gasteiger partial charge in [0.15, 0.2) is 18.1 Å². The normalized spacial score (nSPS) is 9.91. The van der Waals surface area contributed by atoms with E-state index in [1.165, 1.54) is 18.4 Å². The third-order valence-electron chi connectivity index (χ3n) is 2.71. The molecule has 2 aromatic rings. The number of hydrogen-bond donors (Lipinski definition) is 2. The first-order valence-corrected chi connectivity index (χ1v) is 7.33. The number of rotatable bonds is 5. The molecule has 116 valence electrons. The summed E-state index contributed by atoms with van der Waals surface area (Å²) in [4.78, 5) is 25.0. The van der Waals surface area contributed by atoms with Crippen molar-refractivity contribution in [2.24, 2.45) is 0 Å². The summed E-state index contributed by atoms with van der Waals surface area (Å²) in [7, 11) is 1.52. The molecule has 0 aliphatic carbocycles. The summed E-state index contributed by atoms with van der Waals surface area (Å²) < 4.78 is 10.5. The standard InChI is InChI=1S/C15H16N2O4S/c1-10-7-8-13(22-10)15(19)17-16-14(18)9-21-12-6-4-3-5-11(12)20-2/h3-8H,9H2,1-2H3,(H,16,18)(H,17,19). The van der Waals surface area contributed by atoms with Gasteiger partial charge in [0.2, 0.25) is 0 Å². The molecule has 6 nitrogen and oxygen atoms in total. The molecule has 1 heterocycles. The fraction of sp³-hybridized carbons (Fsp3) is 0.200. The Balaban J connectivity index is 1.80. The Morgan fingerprint density at radius 3 is 2.45 bits per heavy atom. The molecular formula is C15H16N2O4S. The Morgan fingerprint density at radius 1 is 1.09 bits per heavy atom. The largest absolute Gasteiger partial charge is 0.493 e. The highest BCUT2D eigenvalue weighted by atomic mass is 32.1. The van der Waals surface area contributed by atoms with E-state index in [2.05, 4.69) is 10.9 Å². The second kappa shape index (κ2) is 7.46. The molecule has 0 spiro atoms. The number of ether oxygens (including phenoxy) is 2. The lowest BCUT2D eigenvalue weighted by Crippen LogP contribution is -2.43. The number of carbonyl (C=O) groups is 2. The maximum absolute atomic E-state index is 11.8. The van der Waals surface area contributed by atoms with Crippen LogP contribution in [-0.4, -0.2) is 25.5 Å². The number of aryl methyl sites for hydroxylation is 1. The van der Waals surface area contributed by atoms with Crippen LogP contribution < -0.4 is 20.3 Å². The first-order chi connectivity index (χ1) is 10.6. The Kier molecular flexibility index (Phi) is 5.37. The zero-order valence-electron chi connectivity index (χ0n) is 12.2. The number of amides is 2. The van der Waals surface area contributed by atoms with Crippen LogP contribution in [0, 0.1) is 6.92 Å². The van der Waals surface area contributed by atoms with E-state index in [0.29, 0.717) is 16.4 Å². The van der Waals surface area contributed by atoms with E-state index >= 15 is 0 Å². The Hall–Kier alpha value is -2.54. The van der Waals surface area contributed by atoms with Crippen molar-refractivity contribution >= 4 is 23.2 Å². The number of para-hydroxylation sites is 2. The molecule has 0 saturated carbocycles. The maximum atomic E-state index is 11.8. The molecule has 2 rings (SSSR count). The molecule has 0 radical (unpaired) electrons. The Bertz CT molecular complexity index is 669. The summed E-state index contributed by atoms with van der Waals surface area (Å²) in [6, 6.07) is 10.5. The van der Waals surface area contributed by atoms with Gasteiger partial charge in [0.05, 0.1) is 12.0 Å². The van der Waals surface area contributed by atoms with Crippen molar-refractivity contribution in [2.75, 3.05) is 13.7 Å². The van der Waals surface area contributed by atoms with Crippen LogP contribution in [0.2, 0.25) is 0 Å². The van der Waals surface area contributed by atoms with Gasteiger partial charge < -0.3 is 9.47 Å². The summed E-state index contributed by atoms with van der Waals surface area (Å²) in [6.45, 7) is 1.67.